The highest BCUT2D eigenvalue weighted by Gasteiger charge is 2.14. The summed E-state index contributed by atoms with van der Waals surface area (Å²) in [6.07, 6.45) is 3.29. The van der Waals surface area contributed by atoms with E-state index in [0.717, 1.165) is 54.9 Å². The fraction of sp³-hybridized carbons (Fsp3) is 0.192. The van der Waals surface area contributed by atoms with Crippen LogP contribution in [0.15, 0.2) is 79.1 Å². The van der Waals surface area contributed by atoms with Crippen LogP contribution in [0.2, 0.25) is 0 Å². The molecule has 5 rings (SSSR count). The number of para-hydroxylation sites is 1. The van der Waals surface area contributed by atoms with Crippen LogP contribution in [0.3, 0.4) is 0 Å². The van der Waals surface area contributed by atoms with Gasteiger partial charge in [-0.15, -0.1) is 0 Å². The third kappa shape index (κ3) is 4.51. The summed E-state index contributed by atoms with van der Waals surface area (Å²) in [4.78, 5) is 23.9. The Balaban J connectivity index is 1.45. The fourth-order valence-electron chi connectivity index (χ4n) is 3.99. The van der Waals surface area contributed by atoms with Crippen molar-refractivity contribution in [3.63, 3.8) is 0 Å². The van der Waals surface area contributed by atoms with Crippen molar-refractivity contribution in [3.05, 3.63) is 90.4 Å². The standard InChI is InChI=1S/C26H24N4O2/c31-26(28-22-7-3-11-27-17-22)24-10-9-20-5-2-8-23(25(20)29-24)21-6-1-4-19(16-21)18-30-12-14-32-15-13-30/h1-11,16-17H,12-15,18H2,(H,28,31). The van der Waals surface area contributed by atoms with Crippen molar-refractivity contribution in [2.75, 3.05) is 31.6 Å². The molecule has 3 heterocycles. The summed E-state index contributed by atoms with van der Waals surface area (Å²) >= 11 is 0. The van der Waals surface area contributed by atoms with E-state index in [0.29, 0.717) is 11.4 Å². The van der Waals surface area contributed by atoms with Gasteiger partial charge in [0.25, 0.3) is 5.91 Å². The Morgan fingerprint density at radius 1 is 1.00 bits per heavy atom. The minimum atomic E-state index is -0.254. The SMILES string of the molecule is O=C(Nc1cccnc1)c1ccc2cccc(-c3cccc(CN4CCOCC4)c3)c2n1. The first kappa shape index (κ1) is 20.3. The minimum absolute atomic E-state index is 0.254. The Bertz CT molecular complexity index is 1240. The molecule has 0 unspecified atom stereocenters. The topological polar surface area (TPSA) is 67.4 Å². The van der Waals surface area contributed by atoms with Crippen LogP contribution in [0.1, 0.15) is 16.1 Å². The van der Waals surface area contributed by atoms with Gasteiger partial charge in [-0.1, -0.05) is 42.5 Å². The molecule has 1 fully saturated rings. The highest BCUT2D eigenvalue weighted by molar-refractivity contribution is 6.05. The van der Waals surface area contributed by atoms with Crippen LogP contribution in [0.25, 0.3) is 22.0 Å². The number of nitrogens with zero attached hydrogens (tertiary/aromatic N) is 3. The number of carbonyl (C=O) groups excluding carboxylic acids is 1. The Morgan fingerprint density at radius 2 is 1.88 bits per heavy atom. The zero-order chi connectivity index (χ0) is 21.8. The van der Waals surface area contributed by atoms with Crippen LogP contribution in [0.5, 0.6) is 0 Å². The maximum atomic E-state index is 12.8. The van der Waals surface area contributed by atoms with Gasteiger partial charge in [0.1, 0.15) is 5.69 Å². The largest absolute Gasteiger partial charge is 0.379 e. The van der Waals surface area contributed by atoms with E-state index < -0.39 is 0 Å². The smallest absolute Gasteiger partial charge is 0.274 e. The third-order valence-corrected chi connectivity index (χ3v) is 5.62. The van der Waals surface area contributed by atoms with Gasteiger partial charge in [0, 0.05) is 36.8 Å². The van der Waals surface area contributed by atoms with Crippen molar-refractivity contribution in [2.24, 2.45) is 0 Å². The predicted octanol–water partition coefficient (Wildman–Crippen LogP) is 4.38. The number of rotatable bonds is 5. The first-order valence-electron chi connectivity index (χ1n) is 10.8. The number of nitrogens with one attached hydrogen (secondary N) is 1. The minimum Gasteiger partial charge on any atom is -0.379 e. The van der Waals surface area contributed by atoms with Gasteiger partial charge in [-0.2, -0.15) is 0 Å². The molecule has 1 saturated heterocycles. The highest BCUT2D eigenvalue weighted by Crippen LogP contribution is 2.28. The van der Waals surface area contributed by atoms with Gasteiger partial charge in [-0.25, -0.2) is 4.98 Å². The Morgan fingerprint density at radius 3 is 2.72 bits per heavy atom. The van der Waals surface area contributed by atoms with Crippen molar-refractivity contribution in [3.8, 4) is 11.1 Å². The molecular weight excluding hydrogens is 400 g/mol. The number of morpholine rings is 1. The summed E-state index contributed by atoms with van der Waals surface area (Å²) in [6, 6.07) is 22.0. The van der Waals surface area contributed by atoms with E-state index in [1.54, 1.807) is 30.6 Å². The number of amides is 1. The molecule has 160 valence electrons. The van der Waals surface area contributed by atoms with Gasteiger partial charge < -0.3 is 10.1 Å². The molecule has 2 aromatic heterocycles. The highest BCUT2D eigenvalue weighted by atomic mass is 16.5. The van der Waals surface area contributed by atoms with Crippen molar-refractivity contribution < 1.29 is 9.53 Å². The molecule has 0 bridgehead atoms. The van der Waals surface area contributed by atoms with Crippen molar-refractivity contribution >= 4 is 22.5 Å². The summed E-state index contributed by atoms with van der Waals surface area (Å²) in [5.41, 5.74) is 5.20. The Labute approximate surface area is 186 Å². The van der Waals surface area contributed by atoms with Crippen molar-refractivity contribution in [1.82, 2.24) is 14.9 Å². The van der Waals surface area contributed by atoms with Gasteiger partial charge in [-0.05, 0) is 35.4 Å². The molecule has 2 aromatic carbocycles. The van der Waals surface area contributed by atoms with Crippen LogP contribution in [-0.2, 0) is 11.3 Å². The summed E-state index contributed by atoms with van der Waals surface area (Å²) in [6.45, 7) is 4.38. The normalized spacial score (nSPS) is 14.4. The van der Waals surface area contributed by atoms with E-state index in [1.165, 1.54) is 5.56 Å². The lowest BCUT2D eigenvalue weighted by atomic mass is 9.99. The average Bonchev–Trinajstić information content (AvgIpc) is 2.85. The molecule has 6 nitrogen and oxygen atoms in total. The Hall–Kier alpha value is -3.61. The van der Waals surface area contributed by atoms with E-state index in [1.807, 2.05) is 18.2 Å². The molecule has 6 heteroatoms. The van der Waals surface area contributed by atoms with E-state index >= 15 is 0 Å². The molecule has 0 spiro atoms. The van der Waals surface area contributed by atoms with E-state index in [2.05, 4.69) is 45.5 Å². The monoisotopic (exact) mass is 424 g/mol. The lowest BCUT2D eigenvalue weighted by Crippen LogP contribution is -2.35. The number of aromatic nitrogens is 2. The van der Waals surface area contributed by atoms with Gasteiger partial charge in [0.15, 0.2) is 0 Å². The molecule has 0 atom stereocenters. The molecule has 1 aliphatic rings. The molecule has 1 aliphatic heterocycles. The van der Waals surface area contributed by atoms with Crippen LogP contribution in [-0.4, -0.2) is 47.1 Å². The molecule has 4 aromatic rings. The number of pyridine rings is 2. The van der Waals surface area contributed by atoms with Crippen LogP contribution in [0.4, 0.5) is 5.69 Å². The van der Waals surface area contributed by atoms with E-state index in [-0.39, 0.29) is 5.91 Å². The summed E-state index contributed by atoms with van der Waals surface area (Å²) in [7, 11) is 0. The maximum Gasteiger partial charge on any atom is 0.274 e. The fourth-order valence-corrected chi connectivity index (χ4v) is 3.99. The lowest BCUT2D eigenvalue weighted by molar-refractivity contribution is 0.0342. The number of carbonyl (C=O) groups is 1. The number of hydrogen-bond donors (Lipinski definition) is 1. The second kappa shape index (κ2) is 9.26. The number of ether oxygens (including phenoxy) is 1. The van der Waals surface area contributed by atoms with Gasteiger partial charge in [-0.3, -0.25) is 14.7 Å². The van der Waals surface area contributed by atoms with Crippen LogP contribution in [0, 0.1) is 0 Å². The second-order valence-corrected chi connectivity index (χ2v) is 7.86. The van der Waals surface area contributed by atoms with Crippen LogP contribution < -0.4 is 5.32 Å². The third-order valence-electron chi connectivity index (χ3n) is 5.62. The average molecular weight is 425 g/mol. The van der Waals surface area contributed by atoms with Crippen LogP contribution >= 0.6 is 0 Å². The first-order chi connectivity index (χ1) is 15.8. The molecule has 1 amide bonds. The second-order valence-electron chi connectivity index (χ2n) is 7.86. The number of benzene rings is 2. The number of anilines is 1. The summed E-state index contributed by atoms with van der Waals surface area (Å²) in [5.74, 6) is -0.254. The zero-order valence-electron chi connectivity index (χ0n) is 17.7. The van der Waals surface area contributed by atoms with Gasteiger partial charge in [0.05, 0.1) is 30.6 Å². The van der Waals surface area contributed by atoms with E-state index in [4.69, 9.17) is 9.72 Å². The molecule has 1 N–H and O–H groups in total. The van der Waals surface area contributed by atoms with Gasteiger partial charge >= 0.3 is 0 Å². The Kier molecular flexibility index (Phi) is 5.87. The van der Waals surface area contributed by atoms with Crippen molar-refractivity contribution in [2.45, 2.75) is 6.54 Å². The lowest BCUT2D eigenvalue weighted by Gasteiger charge is -2.26. The summed E-state index contributed by atoms with van der Waals surface area (Å²) < 4.78 is 5.46. The van der Waals surface area contributed by atoms with Crippen molar-refractivity contribution in [1.29, 1.82) is 0 Å². The zero-order valence-corrected chi connectivity index (χ0v) is 17.7. The first-order valence-corrected chi connectivity index (χ1v) is 10.8. The molecule has 0 aliphatic carbocycles. The molecule has 32 heavy (non-hydrogen) atoms. The molecule has 0 radical (unpaired) electrons. The van der Waals surface area contributed by atoms with Gasteiger partial charge in [0.2, 0.25) is 0 Å². The molecule has 0 saturated carbocycles. The van der Waals surface area contributed by atoms with E-state index in [9.17, 15) is 4.79 Å². The summed E-state index contributed by atoms with van der Waals surface area (Å²) in [5, 5.41) is 3.86. The maximum absolute atomic E-state index is 12.8. The molecular formula is C26H24N4O2. The predicted molar refractivity (Wildman–Crippen MR) is 125 cm³/mol. The number of hydrogen-bond acceptors (Lipinski definition) is 5. The quantitative estimate of drug-likeness (QED) is 0.515. The number of fused-ring (bicyclic) bond motifs is 1.